The lowest BCUT2D eigenvalue weighted by Gasteiger charge is -2.12. The summed E-state index contributed by atoms with van der Waals surface area (Å²) in [5, 5.41) is 3.44. The number of hydrogen-bond acceptors (Lipinski definition) is 3. The average Bonchev–Trinajstić information content (AvgIpc) is 3.16. The third-order valence-electron chi connectivity index (χ3n) is 4.85. The Kier molecular flexibility index (Phi) is 4.07. The van der Waals surface area contributed by atoms with E-state index in [1.165, 1.54) is 0 Å². The molecule has 26 heavy (non-hydrogen) atoms. The molecule has 1 aliphatic rings. The number of carbonyl (C=O) groups excluding carboxylic acids is 1. The molecule has 0 atom stereocenters. The molecule has 0 fully saturated rings. The minimum atomic E-state index is -0.208. The molecular weight excluding hydrogens is 352 g/mol. The number of anilines is 1. The largest absolute Gasteiger partial charge is 0.330 e. The molecule has 134 valence electrons. The van der Waals surface area contributed by atoms with Crippen LogP contribution in [0.5, 0.6) is 0 Å². The van der Waals surface area contributed by atoms with Crippen LogP contribution in [0.25, 0.3) is 11.0 Å². The number of benzene rings is 1. The number of halogens is 1. The van der Waals surface area contributed by atoms with Crippen molar-refractivity contribution < 1.29 is 4.79 Å². The first-order valence-electron chi connectivity index (χ1n) is 8.59. The van der Waals surface area contributed by atoms with E-state index < -0.39 is 0 Å². The molecule has 1 aliphatic heterocycles. The first kappa shape index (κ1) is 16.8. The zero-order valence-electron chi connectivity index (χ0n) is 14.7. The van der Waals surface area contributed by atoms with Gasteiger partial charge in [0, 0.05) is 29.4 Å². The molecule has 0 spiro atoms. The molecule has 0 radical (unpaired) electrons. The fraction of sp³-hybridized carbons (Fsp3) is 0.316. The van der Waals surface area contributed by atoms with Crippen molar-refractivity contribution in [3.8, 4) is 0 Å². The molecule has 2 aromatic heterocycles. The quantitative estimate of drug-likeness (QED) is 0.770. The zero-order valence-corrected chi connectivity index (χ0v) is 15.4. The number of rotatable bonds is 3. The molecule has 1 amide bonds. The highest BCUT2D eigenvalue weighted by atomic mass is 35.5. The number of hydrogen-bond donors (Lipinski definition) is 1. The normalized spacial score (nSPS) is 13.2. The molecular formula is C19H19ClN4O2. The van der Waals surface area contributed by atoms with Crippen molar-refractivity contribution >= 4 is 34.2 Å². The summed E-state index contributed by atoms with van der Waals surface area (Å²) in [6, 6.07) is 7.23. The van der Waals surface area contributed by atoms with E-state index in [0.717, 1.165) is 29.9 Å². The lowest BCUT2D eigenvalue weighted by Crippen LogP contribution is -2.26. The number of carbonyl (C=O) groups is 1. The Hall–Kier alpha value is -2.60. The maximum Gasteiger partial charge on any atom is 0.278 e. The lowest BCUT2D eigenvalue weighted by atomic mass is 10.2. The van der Waals surface area contributed by atoms with Crippen molar-refractivity contribution in [2.24, 2.45) is 0 Å². The van der Waals surface area contributed by atoms with Gasteiger partial charge in [0.25, 0.3) is 5.56 Å². The third kappa shape index (κ3) is 2.80. The number of fused-ring (bicyclic) bond motifs is 2. The van der Waals surface area contributed by atoms with E-state index in [9.17, 15) is 9.59 Å². The molecule has 0 bridgehead atoms. The van der Waals surface area contributed by atoms with E-state index in [1.807, 2.05) is 26.0 Å². The Morgan fingerprint density at radius 2 is 2.12 bits per heavy atom. The van der Waals surface area contributed by atoms with Crippen LogP contribution in [0.4, 0.5) is 5.69 Å². The molecule has 0 saturated carbocycles. The number of nitrogens with one attached hydrogen (secondary N) is 1. The predicted molar refractivity (Wildman–Crippen MR) is 102 cm³/mol. The molecule has 0 unspecified atom stereocenters. The summed E-state index contributed by atoms with van der Waals surface area (Å²) in [6.45, 7) is 4.53. The molecule has 7 heteroatoms. The van der Waals surface area contributed by atoms with Crippen molar-refractivity contribution in [1.29, 1.82) is 0 Å². The first-order valence-corrected chi connectivity index (χ1v) is 8.97. The van der Waals surface area contributed by atoms with Gasteiger partial charge in [-0.3, -0.25) is 14.2 Å². The average molecular weight is 371 g/mol. The lowest BCUT2D eigenvalue weighted by molar-refractivity contribution is -0.116. The minimum absolute atomic E-state index is 0.0531. The van der Waals surface area contributed by atoms with E-state index in [0.29, 0.717) is 28.3 Å². The smallest absolute Gasteiger partial charge is 0.278 e. The highest BCUT2D eigenvalue weighted by Gasteiger charge is 2.20. The van der Waals surface area contributed by atoms with Crippen LogP contribution in [-0.2, 0) is 24.3 Å². The standard InChI is InChI=1S/C19H19ClN4O2/c1-11-5-6-13(20)9-14(11)22-17(25)10-24-12(2)8-15-18(24)19(26)23-7-3-4-16(23)21-15/h5-6,8-9H,3-4,7,10H2,1-2H3,(H,22,25). The summed E-state index contributed by atoms with van der Waals surface area (Å²) in [5.74, 6) is 0.625. The van der Waals surface area contributed by atoms with Gasteiger partial charge in [-0.15, -0.1) is 0 Å². The Morgan fingerprint density at radius 3 is 2.92 bits per heavy atom. The van der Waals surface area contributed by atoms with Crippen LogP contribution < -0.4 is 10.9 Å². The number of nitrogens with zero attached hydrogens (tertiary/aromatic N) is 3. The van der Waals surface area contributed by atoms with Crippen LogP contribution in [0.15, 0.2) is 29.1 Å². The Bertz CT molecular complexity index is 1100. The van der Waals surface area contributed by atoms with Crippen molar-refractivity contribution in [2.75, 3.05) is 5.32 Å². The van der Waals surface area contributed by atoms with Crippen LogP contribution >= 0.6 is 11.6 Å². The van der Waals surface area contributed by atoms with Crippen LogP contribution in [0, 0.1) is 13.8 Å². The number of amides is 1. The Morgan fingerprint density at radius 1 is 1.31 bits per heavy atom. The van der Waals surface area contributed by atoms with Gasteiger partial charge in [-0.1, -0.05) is 17.7 Å². The van der Waals surface area contributed by atoms with Crippen LogP contribution in [0.3, 0.4) is 0 Å². The van der Waals surface area contributed by atoms with Crippen LogP contribution in [0.1, 0.15) is 23.5 Å². The molecule has 3 heterocycles. The topological polar surface area (TPSA) is 68.9 Å². The molecule has 4 rings (SSSR count). The van der Waals surface area contributed by atoms with Gasteiger partial charge in [0.2, 0.25) is 5.91 Å². The van der Waals surface area contributed by atoms with Crippen LogP contribution in [0.2, 0.25) is 5.02 Å². The highest BCUT2D eigenvalue weighted by Crippen LogP contribution is 2.21. The van der Waals surface area contributed by atoms with Gasteiger partial charge in [0.1, 0.15) is 17.9 Å². The summed E-state index contributed by atoms with van der Waals surface area (Å²) >= 11 is 6.01. The van der Waals surface area contributed by atoms with Gasteiger partial charge in [-0.05, 0) is 44.0 Å². The predicted octanol–water partition coefficient (Wildman–Crippen LogP) is 3.05. The van der Waals surface area contributed by atoms with Gasteiger partial charge in [0.05, 0.1) is 5.52 Å². The summed E-state index contributed by atoms with van der Waals surface area (Å²) < 4.78 is 3.46. The van der Waals surface area contributed by atoms with Crippen molar-refractivity contribution in [2.45, 2.75) is 39.8 Å². The molecule has 1 aromatic carbocycles. The Labute approximate surface area is 155 Å². The number of aromatic nitrogens is 3. The number of aryl methyl sites for hydroxylation is 3. The van der Waals surface area contributed by atoms with Crippen molar-refractivity contribution in [3.05, 3.63) is 56.7 Å². The molecule has 6 nitrogen and oxygen atoms in total. The third-order valence-corrected chi connectivity index (χ3v) is 5.09. The van der Waals surface area contributed by atoms with Crippen LogP contribution in [-0.4, -0.2) is 20.0 Å². The second-order valence-electron chi connectivity index (χ2n) is 6.70. The van der Waals surface area contributed by atoms with Gasteiger partial charge in [-0.2, -0.15) is 0 Å². The first-order chi connectivity index (χ1) is 12.4. The minimum Gasteiger partial charge on any atom is -0.330 e. The summed E-state index contributed by atoms with van der Waals surface area (Å²) in [4.78, 5) is 30.0. The van der Waals surface area contributed by atoms with Gasteiger partial charge < -0.3 is 9.88 Å². The molecule has 1 N–H and O–H groups in total. The SMILES string of the molecule is Cc1ccc(Cl)cc1NC(=O)Cn1c(C)cc2nc3n(c(=O)c21)CCC3. The summed E-state index contributed by atoms with van der Waals surface area (Å²) in [5.41, 5.74) is 3.52. The maximum atomic E-state index is 12.8. The fourth-order valence-corrected chi connectivity index (χ4v) is 3.67. The molecule has 3 aromatic rings. The zero-order chi connectivity index (χ0) is 18.4. The van der Waals surface area contributed by atoms with E-state index in [2.05, 4.69) is 10.3 Å². The molecule has 0 saturated heterocycles. The van der Waals surface area contributed by atoms with E-state index >= 15 is 0 Å². The second-order valence-corrected chi connectivity index (χ2v) is 7.14. The Balaban J connectivity index is 1.69. The summed E-state index contributed by atoms with van der Waals surface area (Å²) in [7, 11) is 0. The second kappa shape index (κ2) is 6.29. The van der Waals surface area contributed by atoms with Gasteiger partial charge in [-0.25, -0.2) is 4.98 Å². The maximum absolute atomic E-state index is 12.8. The van der Waals surface area contributed by atoms with Crippen molar-refractivity contribution in [3.63, 3.8) is 0 Å². The molecule has 0 aliphatic carbocycles. The monoisotopic (exact) mass is 370 g/mol. The van der Waals surface area contributed by atoms with Crippen molar-refractivity contribution in [1.82, 2.24) is 14.1 Å². The summed E-state index contributed by atoms with van der Waals surface area (Å²) in [6.07, 6.45) is 1.76. The fourth-order valence-electron chi connectivity index (χ4n) is 3.50. The van der Waals surface area contributed by atoms with E-state index in [1.54, 1.807) is 21.3 Å². The van der Waals surface area contributed by atoms with E-state index in [-0.39, 0.29) is 18.0 Å². The van der Waals surface area contributed by atoms with E-state index in [4.69, 9.17) is 11.6 Å². The highest BCUT2D eigenvalue weighted by molar-refractivity contribution is 6.31. The van der Waals surface area contributed by atoms with Gasteiger partial charge >= 0.3 is 0 Å². The van der Waals surface area contributed by atoms with Gasteiger partial charge in [0.15, 0.2) is 0 Å².